The number of hydrogen-bond donors (Lipinski definition) is 0. The van der Waals surface area contributed by atoms with Crippen LogP contribution in [-0.2, 0) is 14.9 Å². The fourth-order valence-electron chi connectivity index (χ4n) is 1.09. The maximum absolute atomic E-state index is 12.5. The molecule has 0 spiro atoms. The van der Waals surface area contributed by atoms with E-state index in [1.165, 1.54) is 0 Å². The Labute approximate surface area is 114 Å². The molecule has 1 atom stereocenters. The summed E-state index contributed by atoms with van der Waals surface area (Å²) in [5.74, 6) is -2.16. The SMILES string of the molecule is [NH]C(=O)C(c1ccc(F)cc1)S(=O)(=O)[O-].[Na+]. The molecule has 8 heteroatoms. The van der Waals surface area contributed by atoms with E-state index in [0.29, 0.717) is 0 Å². The van der Waals surface area contributed by atoms with Crippen molar-refractivity contribution in [3.63, 3.8) is 0 Å². The molecule has 0 saturated carbocycles. The second-order valence-electron chi connectivity index (χ2n) is 2.79. The van der Waals surface area contributed by atoms with Crippen LogP contribution >= 0.6 is 0 Å². The van der Waals surface area contributed by atoms with Crippen molar-refractivity contribution < 1.29 is 51.7 Å². The fourth-order valence-corrected chi connectivity index (χ4v) is 1.84. The van der Waals surface area contributed by atoms with Crippen molar-refractivity contribution in [3.8, 4) is 0 Å². The van der Waals surface area contributed by atoms with E-state index < -0.39 is 27.1 Å². The molecular formula is C8H6FNNaO4S. The van der Waals surface area contributed by atoms with Crippen molar-refractivity contribution in [2.75, 3.05) is 0 Å². The standard InChI is InChI=1S/C8H7FNO4S.Na/c9-6-3-1-5(2-4-6)7(8(10)11)15(12,13)14;/h1-4,7,10H,(H,12,13,14);/q;+1/p-1. The number of carbonyl (C=O) groups excluding carboxylic acids is 1. The van der Waals surface area contributed by atoms with Gasteiger partial charge in [0.2, 0.25) is 0 Å². The minimum atomic E-state index is -4.94. The summed E-state index contributed by atoms with van der Waals surface area (Å²) in [6.45, 7) is 0. The van der Waals surface area contributed by atoms with Crippen molar-refractivity contribution in [2.45, 2.75) is 5.25 Å². The number of halogens is 1. The third-order valence-corrected chi connectivity index (χ3v) is 2.76. The Morgan fingerprint density at radius 1 is 1.31 bits per heavy atom. The summed E-state index contributed by atoms with van der Waals surface area (Å²) in [6, 6.07) is 3.80. The molecule has 1 radical (unpaired) electrons. The van der Waals surface area contributed by atoms with Crippen LogP contribution in [0.25, 0.3) is 0 Å². The molecule has 0 aromatic heterocycles. The van der Waals surface area contributed by atoms with Crippen LogP contribution in [0, 0.1) is 5.82 Å². The minimum absolute atomic E-state index is 0. The molecule has 1 rings (SSSR count). The summed E-state index contributed by atoms with van der Waals surface area (Å²) >= 11 is 0. The molecule has 0 aliphatic rings. The summed E-state index contributed by atoms with van der Waals surface area (Å²) in [5.41, 5.74) is 6.47. The molecule has 1 amide bonds. The Morgan fingerprint density at radius 3 is 2.06 bits per heavy atom. The van der Waals surface area contributed by atoms with E-state index in [1.807, 2.05) is 0 Å². The first-order valence-electron chi connectivity index (χ1n) is 3.78. The molecule has 0 fully saturated rings. The maximum Gasteiger partial charge on any atom is 1.00 e. The summed E-state index contributed by atoms with van der Waals surface area (Å²) in [6.07, 6.45) is 0. The van der Waals surface area contributed by atoms with Gasteiger partial charge in [-0.05, 0) is 17.7 Å². The summed E-state index contributed by atoms with van der Waals surface area (Å²) in [4.78, 5) is 10.7. The van der Waals surface area contributed by atoms with E-state index in [9.17, 15) is 22.2 Å². The van der Waals surface area contributed by atoms with Gasteiger partial charge in [-0.15, -0.1) is 0 Å². The van der Waals surface area contributed by atoms with Crippen molar-refractivity contribution in [2.24, 2.45) is 0 Å². The maximum atomic E-state index is 12.5. The average molecular weight is 254 g/mol. The third kappa shape index (κ3) is 3.84. The van der Waals surface area contributed by atoms with Crippen LogP contribution in [0.4, 0.5) is 4.39 Å². The van der Waals surface area contributed by atoms with Crippen LogP contribution in [0.5, 0.6) is 0 Å². The van der Waals surface area contributed by atoms with Gasteiger partial charge in [0.25, 0.3) is 5.91 Å². The number of amides is 1. The van der Waals surface area contributed by atoms with Crippen molar-refractivity contribution in [3.05, 3.63) is 35.6 Å². The smallest absolute Gasteiger partial charge is 0.747 e. The van der Waals surface area contributed by atoms with Gasteiger partial charge in [-0.1, -0.05) is 12.1 Å². The second kappa shape index (κ2) is 5.74. The molecular weight excluding hydrogens is 248 g/mol. The minimum Gasteiger partial charge on any atom is -0.747 e. The van der Waals surface area contributed by atoms with Crippen LogP contribution in [0.1, 0.15) is 10.8 Å². The van der Waals surface area contributed by atoms with E-state index in [0.717, 1.165) is 24.3 Å². The number of carbonyl (C=O) groups is 1. The van der Waals surface area contributed by atoms with E-state index in [4.69, 9.17) is 5.73 Å². The van der Waals surface area contributed by atoms with E-state index in [1.54, 1.807) is 0 Å². The molecule has 1 aromatic rings. The van der Waals surface area contributed by atoms with Crippen molar-refractivity contribution in [1.82, 2.24) is 5.73 Å². The zero-order valence-corrected chi connectivity index (χ0v) is 11.1. The van der Waals surface area contributed by atoms with Crippen LogP contribution < -0.4 is 35.3 Å². The first-order chi connectivity index (χ1) is 6.82. The summed E-state index contributed by atoms with van der Waals surface area (Å²) in [7, 11) is -4.94. The predicted molar refractivity (Wildman–Crippen MR) is 46.9 cm³/mol. The van der Waals surface area contributed by atoms with Crippen LogP contribution in [-0.4, -0.2) is 18.9 Å². The fraction of sp³-hybridized carbons (Fsp3) is 0.125. The summed E-state index contributed by atoms with van der Waals surface area (Å²) < 4.78 is 44.5. The van der Waals surface area contributed by atoms with Crippen LogP contribution in [0.2, 0.25) is 0 Å². The molecule has 1 unspecified atom stereocenters. The van der Waals surface area contributed by atoms with Gasteiger partial charge in [0.15, 0.2) is 5.25 Å². The number of rotatable bonds is 3. The molecule has 0 heterocycles. The average Bonchev–Trinajstić information content (AvgIpc) is 2.05. The largest absolute Gasteiger partial charge is 1.00 e. The first kappa shape index (κ1) is 15.5. The van der Waals surface area contributed by atoms with Gasteiger partial charge in [0, 0.05) is 0 Å². The first-order valence-corrected chi connectivity index (χ1v) is 5.25. The van der Waals surface area contributed by atoms with Gasteiger partial charge in [-0.2, -0.15) is 0 Å². The zero-order chi connectivity index (χ0) is 11.6. The molecule has 5 nitrogen and oxygen atoms in total. The van der Waals surface area contributed by atoms with Gasteiger partial charge in [-0.25, -0.2) is 12.8 Å². The Bertz CT molecular complexity index is 473. The third-order valence-electron chi connectivity index (χ3n) is 1.70. The Hall–Kier alpha value is -0.470. The molecule has 81 valence electrons. The summed E-state index contributed by atoms with van der Waals surface area (Å²) in [5, 5.41) is -2.09. The van der Waals surface area contributed by atoms with Gasteiger partial charge < -0.3 is 4.55 Å². The van der Waals surface area contributed by atoms with Crippen LogP contribution in [0.3, 0.4) is 0 Å². The molecule has 0 bridgehead atoms. The zero-order valence-electron chi connectivity index (χ0n) is 8.31. The monoisotopic (exact) mass is 254 g/mol. The molecule has 0 aliphatic heterocycles. The van der Waals surface area contributed by atoms with Crippen molar-refractivity contribution >= 4 is 16.0 Å². The predicted octanol–water partition coefficient (Wildman–Crippen LogP) is -2.77. The van der Waals surface area contributed by atoms with Gasteiger partial charge in [0.05, 0.1) is 0 Å². The number of nitrogens with one attached hydrogen (secondary N) is 1. The molecule has 0 aliphatic carbocycles. The number of hydrogen-bond acceptors (Lipinski definition) is 4. The molecule has 1 aromatic carbocycles. The van der Waals surface area contributed by atoms with Gasteiger partial charge in [0.1, 0.15) is 15.9 Å². The quantitative estimate of drug-likeness (QED) is 0.430. The molecule has 0 saturated heterocycles. The topological polar surface area (TPSA) is 98.1 Å². The molecule has 16 heavy (non-hydrogen) atoms. The van der Waals surface area contributed by atoms with E-state index in [-0.39, 0.29) is 35.1 Å². The van der Waals surface area contributed by atoms with Gasteiger partial charge >= 0.3 is 29.6 Å². The number of benzene rings is 1. The van der Waals surface area contributed by atoms with E-state index in [2.05, 4.69) is 0 Å². The molecule has 1 N–H and O–H groups in total. The Morgan fingerprint density at radius 2 is 1.75 bits per heavy atom. The van der Waals surface area contributed by atoms with E-state index >= 15 is 0 Å². The Kier molecular flexibility index (Phi) is 5.57. The normalized spacial score (nSPS) is 12.6. The van der Waals surface area contributed by atoms with Crippen molar-refractivity contribution in [1.29, 1.82) is 0 Å². The second-order valence-corrected chi connectivity index (χ2v) is 4.25. The van der Waals surface area contributed by atoms with Crippen LogP contribution in [0.15, 0.2) is 24.3 Å². The Balaban J connectivity index is 0.00000225. The van der Waals surface area contributed by atoms with Gasteiger partial charge in [-0.3, -0.25) is 10.5 Å².